The number of aromatic amines is 1. The maximum atomic E-state index is 11.4. The van der Waals surface area contributed by atoms with Crippen molar-refractivity contribution in [3.05, 3.63) is 18.2 Å². The van der Waals surface area contributed by atoms with Gasteiger partial charge in [0.2, 0.25) is 5.91 Å². The Morgan fingerprint density at radius 1 is 1.62 bits per heavy atom. The van der Waals surface area contributed by atoms with Crippen LogP contribution in [0.25, 0.3) is 0 Å². The van der Waals surface area contributed by atoms with Crippen LogP contribution in [0.15, 0.2) is 12.5 Å². The molecule has 1 rings (SSSR count). The van der Waals surface area contributed by atoms with Crippen molar-refractivity contribution in [3.63, 3.8) is 0 Å². The van der Waals surface area contributed by atoms with Crippen LogP contribution in [0.1, 0.15) is 26.5 Å². The van der Waals surface area contributed by atoms with Gasteiger partial charge in [0.1, 0.15) is 0 Å². The number of rotatable bonds is 2. The number of aromatic nitrogens is 2. The molecule has 2 N–H and O–H groups in total. The molecular formula is C9H15N3O. The molecule has 0 fully saturated rings. The van der Waals surface area contributed by atoms with Crippen molar-refractivity contribution in [3.8, 4) is 0 Å². The number of hydrogen-bond acceptors (Lipinski definition) is 2. The molecule has 4 heteroatoms. The highest BCUT2D eigenvalue weighted by atomic mass is 16.2. The Hall–Kier alpha value is -1.32. The van der Waals surface area contributed by atoms with Crippen molar-refractivity contribution in [1.82, 2.24) is 15.3 Å². The zero-order chi connectivity index (χ0) is 9.90. The molecule has 0 aliphatic carbocycles. The summed E-state index contributed by atoms with van der Waals surface area (Å²) in [5, 5.41) is 2.81. The largest absolute Gasteiger partial charge is 0.350 e. The van der Waals surface area contributed by atoms with Gasteiger partial charge in [-0.05, 0) is 0 Å². The second-order valence-corrected chi connectivity index (χ2v) is 4.01. The molecule has 0 unspecified atom stereocenters. The Balaban J connectivity index is 2.40. The van der Waals surface area contributed by atoms with Gasteiger partial charge in [0.25, 0.3) is 0 Å². The van der Waals surface area contributed by atoms with Gasteiger partial charge in [0.05, 0.1) is 18.6 Å². The second-order valence-electron chi connectivity index (χ2n) is 4.01. The van der Waals surface area contributed by atoms with E-state index in [-0.39, 0.29) is 11.3 Å². The number of imidazole rings is 1. The summed E-state index contributed by atoms with van der Waals surface area (Å²) in [7, 11) is 0. The van der Waals surface area contributed by atoms with Crippen LogP contribution in [0.3, 0.4) is 0 Å². The van der Waals surface area contributed by atoms with Gasteiger partial charge < -0.3 is 10.3 Å². The van der Waals surface area contributed by atoms with E-state index in [4.69, 9.17) is 0 Å². The molecule has 4 nitrogen and oxygen atoms in total. The molecule has 13 heavy (non-hydrogen) atoms. The molecule has 0 saturated carbocycles. The van der Waals surface area contributed by atoms with Crippen molar-refractivity contribution >= 4 is 5.91 Å². The van der Waals surface area contributed by atoms with Crippen molar-refractivity contribution in [1.29, 1.82) is 0 Å². The highest BCUT2D eigenvalue weighted by Crippen LogP contribution is 2.12. The molecule has 1 amide bonds. The fraction of sp³-hybridized carbons (Fsp3) is 0.556. The molecular weight excluding hydrogens is 166 g/mol. The molecule has 1 heterocycles. The van der Waals surface area contributed by atoms with Gasteiger partial charge in [-0.3, -0.25) is 4.79 Å². The first-order valence-electron chi connectivity index (χ1n) is 4.25. The van der Waals surface area contributed by atoms with E-state index < -0.39 is 0 Å². The van der Waals surface area contributed by atoms with Crippen LogP contribution in [0, 0.1) is 5.41 Å². The van der Waals surface area contributed by atoms with Crippen LogP contribution in [0.5, 0.6) is 0 Å². The molecule has 1 aromatic heterocycles. The van der Waals surface area contributed by atoms with E-state index in [0.29, 0.717) is 6.54 Å². The van der Waals surface area contributed by atoms with E-state index in [0.717, 1.165) is 5.69 Å². The van der Waals surface area contributed by atoms with Crippen LogP contribution < -0.4 is 5.32 Å². The molecule has 0 aromatic carbocycles. The normalized spacial score (nSPS) is 11.3. The molecule has 0 bridgehead atoms. The predicted molar refractivity (Wildman–Crippen MR) is 49.9 cm³/mol. The van der Waals surface area contributed by atoms with E-state index in [1.54, 1.807) is 12.5 Å². The zero-order valence-electron chi connectivity index (χ0n) is 8.22. The first-order chi connectivity index (χ1) is 6.00. The first kappa shape index (κ1) is 9.77. The minimum atomic E-state index is -0.333. The standard InChI is InChI=1S/C9H15N3O/c1-9(2,3)8(13)11-5-7-4-10-6-12-7/h4,6H,5H2,1-3H3,(H,10,12)(H,11,13). The van der Waals surface area contributed by atoms with E-state index in [2.05, 4.69) is 15.3 Å². The quantitative estimate of drug-likeness (QED) is 0.717. The summed E-state index contributed by atoms with van der Waals surface area (Å²) in [6, 6.07) is 0. The third kappa shape index (κ3) is 2.89. The molecule has 1 aromatic rings. The SMILES string of the molecule is CC(C)(C)C(=O)NCc1cnc[nH]1. The molecule has 0 aliphatic rings. The van der Waals surface area contributed by atoms with Crippen LogP contribution in [0.2, 0.25) is 0 Å². The number of carbonyl (C=O) groups is 1. The Labute approximate surface area is 77.8 Å². The van der Waals surface area contributed by atoms with E-state index in [1.165, 1.54) is 0 Å². The summed E-state index contributed by atoms with van der Waals surface area (Å²) in [6.07, 6.45) is 3.29. The maximum Gasteiger partial charge on any atom is 0.225 e. The summed E-state index contributed by atoms with van der Waals surface area (Å²) in [5.41, 5.74) is 0.581. The van der Waals surface area contributed by atoms with Crippen LogP contribution in [0.4, 0.5) is 0 Å². The zero-order valence-corrected chi connectivity index (χ0v) is 8.22. The van der Waals surface area contributed by atoms with Crippen LogP contribution in [-0.2, 0) is 11.3 Å². The minimum absolute atomic E-state index is 0.0436. The van der Waals surface area contributed by atoms with E-state index in [1.807, 2.05) is 20.8 Å². The number of hydrogen-bond donors (Lipinski definition) is 2. The minimum Gasteiger partial charge on any atom is -0.350 e. The lowest BCUT2D eigenvalue weighted by Crippen LogP contribution is -2.34. The van der Waals surface area contributed by atoms with Gasteiger partial charge in [0.15, 0.2) is 0 Å². The third-order valence-electron chi connectivity index (χ3n) is 1.68. The van der Waals surface area contributed by atoms with Gasteiger partial charge in [-0.2, -0.15) is 0 Å². The Morgan fingerprint density at radius 2 is 2.31 bits per heavy atom. The van der Waals surface area contributed by atoms with Gasteiger partial charge in [-0.25, -0.2) is 4.98 Å². The molecule has 0 aliphatic heterocycles. The first-order valence-corrected chi connectivity index (χ1v) is 4.25. The number of carbonyl (C=O) groups excluding carboxylic acids is 1. The molecule has 72 valence electrons. The van der Waals surface area contributed by atoms with Crippen molar-refractivity contribution in [2.75, 3.05) is 0 Å². The van der Waals surface area contributed by atoms with Gasteiger partial charge in [-0.15, -0.1) is 0 Å². The lowest BCUT2D eigenvalue weighted by Gasteiger charge is -2.16. The lowest BCUT2D eigenvalue weighted by atomic mass is 9.96. The highest BCUT2D eigenvalue weighted by Gasteiger charge is 2.20. The van der Waals surface area contributed by atoms with Crippen LogP contribution in [-0.4, -0.2) is 15.9 Å². The third-order valence-corrected chi connectivity index (χ3v) is 1.68. The summed E-state index contributed by atoms with van der Waals surface area (Å²) >= 11 is 0. The number of nitrogens with zero attached hydrogens (tertiary/aromatic N) is 1. The topological polar surface area (TPSA) is 57.8 Å². The summed E-state index contributed by atoms with van der Waals surface area (Å²) < 4.78 is 0. The summed E-state index contributed by atoms with van der Waals surface area (Å²) in [5.74, 6) is 0.0436. The molecule has 0 saturated heterocycles. The molecule has 0 spiro atoms. The van der Waals surface area contributed by atoms with E-state index in [9.17, 15) is 4.79 Å². The molecule has 0 radical (unpaired) electrons. The van der Waals surface area contributed by atoms with E-state index >= 15 is 0 Å². The molecule has 0 atom stereocenters. The van der Waals surface area contributed by atoms with Crippen LogP contribution >= 0.6 is 0 Å². The monoisotopic (exact) mass is 181 g/mol. The van der Waals surface area contributed by atoms with Crippen molar-refractivity contribution < 1.29 is 4.79 Å². The smallest absolute Gasteiger partial charge is 0.225 e. The average Bonchev–Trinajstić information content (AvgIpc) is 2.50. The Kier molecular flexibility index (Phi) is 2.70. The maximum absolute atomic E-state index is 11.4. The van der Waals surface area contributed by atoms with Crippen molar-refractivity contribution in [2.45, 2.75) is 27.3 Å². The number of amides is 1. The Bertz CT molecular complexity index is 272. The van der Waals surface area contributed by atoms with Gasteiger partial charge in [-0.1, -0.05) is 20.8 Å². The second kappa shape index (κ2) is 3.60. The van der Waals surface area contributed by atoms with Gasteiger partial charge in [0, 0.05) is 11.6 Å². The van der Waals surface area contributed by atoms with Crippen molar-refractivity contribution in [2.24, 2.45) is 5.41 Å². The summed E-state index contributed by atoms with van der Waals surface area (Å²) in [4.78, 5) is 18.2. The van der Waals surface area contributed by atoms with Gasteiger partial charge >= 0.3 is 0 Å². The highest BCUT2D eigenvalue weighted by molar-refractivity contribution is 5.81. The predicted octanol–water partition coefficient (Wildman–Crippen LogP) is 1.07. The fourth-order valence-electron chi connectivity index (χ4n) is 0.822. The number of H-pyrrole nitrogens is 1. The fourth-order valence-corrected chi connectivity index (χ4v) is 0.822. The lowest BCUT2D eigenvalue weighted by molar-refractivity contribution is -0.128. The number of nitrogens with one attached hydrogen (secondary N) is 2. The summed E-state index contributed by atoms with van der Waals surface area (Å²) in [6.45, 7) is 6.16. The Morgan fingerprint density at radius 3 is 2.77 bits per heavy atom. The average molecular weight is 181 g/mol.